The van der Waals surface area contributed by atoms with E-state index in [9.17, 15) is 14.4 Å². The molecule has 0 saturated heterocycles. The van der Waals surface area contributed by atoms with Gasteiger partial charge in [0.05, 0.1) is 10.9 Å². The van der Waals surface area contributed by atoms with Crippen molar-refractivity contribution in [3.05, 3.63) is 67.5 Å². The normalized spacial score (nSPS) is 13.1. The molecule has 0 atom stereocenters. The number of nitrogens with one attached hydrogen (secondary N) is 2. The Kier molecular flexibility index (Phi) is 4.82. The van der Waals surface area contributed by atoms with Crippen molar-refractivity contribution in [2.45, 2.75) is 52.5 Å². The van der Waals surface area contributed by atoms with Crippen molar-refractivity contribution in [2.75, 3.05) is 5.32 Å². The van der Waals surface area contributed by atoms with Crippen molar-refractivity contribution in [2.24, 2.45) is 0 Å². The lowest BCUT2D eigenvalue weighted by Gasteiger charge is -2.14. The highest BCUT2D eigenvalue weighted by atomic mass is 16.2. The number of carbonyl (C=O) groups excluding carboxylic acids is 1. The predicted octanol–water partition coefficient (Wildman–Crippen LogP) is 2.97. The van der Waals surface area contributed by atoms with E-state index in [1.165, 1.54) is 15.7 Å². The molecule has 150 valence electrons. The molecule has 0 saturated carbocycles. The van der Waals surface area contributed by atoms with Gasteiger partial charge in [-0.2, -0.15) is 0 Å². The maximum absolute atomic E-state index is 13.2. The molecule has 1 aromatic carbocycles. The molecular weight excluding hydrogens is 368 g/mol. The summed E-state index contributed by atoms with van der Waals surface area (Å²) >= 11 is 0. The van der Waals surface area contributed by atoms with Crippen molar-refractivity contribution < 1.29 is 4.79 Å². The van der Waals surface area contributed by atoms with Crippen LogP contribution in [-0.4, -0.2) is 20.4 Å². The van der Waals surface area contributed by atoms with Gasteiger partial charge in [-0.15, -0.1) is 0 Å². The van der Waals surface area contributed by atoms with Crippen LogP contribution in [0.25, 0.3) is 11.0 Å². The summed E-state index contributed by atoms with van der Waals surface area (Å²) in [4.78, 5) is 44.8. The van der Waals surface area contributed by atoms with Gasteiger partial charge in [-0.1, -0.05) is 19.9 Å². The quantitative estimate of drug-likeness (QED) is 0.713. The summed E-state index contributed by atoms with van der Waals surface area (Å²) in [6.45, 7) is 6.05. The highest BCUT2D eigenvalue weighted by Gasteiger charge is 2.21. The molecule has 0 aliphatic heterocycles. The van der Waals surface area contributed by atoms with E-state index >= 15 is 0 Å². The number of amides is 1. The maximum atomic E-state index is 13.2. The molecule has 0 bridgehead atoms. The van der Waals surface area contributed by atoms with E-state index in [1.807, 2.05) is 32.0 Å². The first kappa shape index (κ1) is 19.1. The summed E-state index contributed by atoms with van der Waals surface area (Å²) in [7, 11) is 0. The van der Waals surface area contributed by atoms with E-state index in [1.54, 1.807) is 13.0 Å². The van der Waals surface area contributed by atoms with Crippen LogP contribution < -0.4 is 16.6 Å². The predicted molar refractivity (Wildman–Crippen MR) is 113 cm³/mol. The Balaban J connectivity index is 1.86. The fourth-order valence-corrected chi connectivity index (χ4v) is 3.91. The number of benzene rings is 1. The molecule has 0 spiro atoms. The number of pyridine rings is 1. The Morgan fingerprint density at radius 3 is 2.69 bits per heavy atom. The lowest BCUT2D eigenvalue weighted by atomic mass is 10.0. The summed E-state index contributed by atoms with van der Waals surface area (Å²) in [5.74, 6) is -0.352. The summed E-state index contributed by atoms with van der Waals surface area (Å²) in [6.07, 6.45) is 3.21. The van der Waals surface area contributed by atoms with Crippen LogP contribution in [0.1, 0.15) is 60.3 Å². The molecule has 29 heavy (non-hydrogen) atoms. The molecule has 1 amide bonds. The standard InChI is InChI=1S/C22H24N4O3/c1-4-26-19-18(21(28)25-22(26)29)16(11-17(24-19)12(2)3)20(27)23-15-9-8-13-6-5-7-14(13)10-15/h8-12H,4-7H2,1-3H3,(H,23,27)(H,25,28,29). The van der Waals surface area contributed by atoms with E-state index in [0.717, 1.165) is 19.3 Å². The number of nitrogens with zero attached hydrogens (tertiary/aromatic N) is 2. The number of aryl methyl sites for hydroxylation is 3. The SMILES string of the molecule is CCn1c(=O)[nH]c(=O)c2c(C(=O)Nc3ccc4c(c3)CCC4)cc(C(C)C)nc21. The second-order valence-corrected chi connectivity index (χ2v) is 7.74. The summed E-state index contributed by atoms with van der Waals surface area (Å²) in [5.41, 5.74) is 3.27. The molecule has 1 aliphatic carbocycles. The molecule has 2 N–H and O–H groups in total. The van der Waals surface area contributed by atoms with Crippen LogP contribution in [0.3, 0.4) is 0 Å². The average Bonchev–Trinajstić information content (AvgIpc) is 3.15. The van der Waals surface area contributed by atoms with Gasteiger partial charge < -0.3 is 5.32 Å². The Morgan fingerprint density at radius 1 is 1.21 bits per heavy atom. The van der Waals surface area contributed by atoms with E-state index < -0.39 is 11.2 Å². The highest BCUT2D eigenvalue weighted by Crippen LogP contribution is 2.26. The van der Waals surface area contributed by atoms with Crippen LogP contribution in [0, 0.1) is 0 Å². The van der Waals surface area contributed by atoms with Gasteiger partial charge >= 0.3 is 5.69 Å². The van der Waals surface area contributed by atoms with Gasteiger partial charge in [0.15, 0.2) is 5.65 Å². The summed E-state index contributed by atoms with van der Waals surface area (Å²) in [6, 6.07) is 7.58. The third-order valence-electron chi connectivity index (χ3n) is 5.48. The Bertz CT molecular complexity index is 1240. The minimum atomic E-state index is -0.600. The zero-order chi connectivity index (χ0) is 20.7. The first-order valence-corrected chi connectivity index (χ1v) is 10.00. The first-order chi connectivity index (χ1) is 13.9. The molecule has 2 aromatic heterocycles. The number of fused-ring (bicyclic) bond motifs is 2. The molecule has 7 nitrogen and oxygen atoms in total. The third-order valence-corrected chi connectivity index (χ3v) is 5.48. The van der Waals surface area contributed by atoms with Gasteiger partial charge in [-0.05, 0) is 61.4 Å². The van der Waals surface area contributed by atoms with E-state index in [4.69, 9.17) is 0 Å². The number of H-pyrrole nitrogens is 1. The zero-order valence-corrected chi connectivity index (χ0v) is 16.8. The molecule has 3 aromatic rings. The van der Waals surface area contributed by atoms with Crippen LogP contribution in [0.4, 0.5) is 5.69 Å². The number of aromatic nitrogens is 3. The number of aromatic amines is 1. The molecular formula is C22H24N4O3. The van der Waals surface area contributed by atoms with E-state index in [0.29, 0.717) is 17.9 Å². The van der Waals surface area contributed by atoms with Gasteiger partial charge in [0, 0.05) is 17.9 Å². The smallest absolute Gasteiger partial charge is 0.322 e. The number of hydrogen-bond acceptors (Lipinski definition) is 4. The highest BCUT2D eigenvalue weighted by molar-refractivity contribution is 6.11. The molecule has 0 radical (unpaired) electrons. The lowest BCUT2D eigenvalue weighted by Crippen LogP contribution is -2.32. The topological polar surface area (TPSA) is 96.9 Å². The van der Waals surface area contributed by atoms with Crippen molar-refractivity contribution >= 4 is 22.6 Å². The molecule has 2 heterocycles. The minimum absolute atomic E-state index is 0.0330. The van der Waals surface area contributed by atoms with Crippen molar-refractivity contribution in [1.82, 2.24) is 14.5 Å². The number of anilines is 1. The Morgan fingerprint density at radius 2 is 1.97 bits per heavy atom. The van der Waals surface area contributed by atoms with Gasteiger partial charge in [-0.25, -0.2) is 9.78 Å². The summed E-state index contributed by atoms with van der Waals surface area (Å²) in [5, 5.41) is 3.05. The fourth-order valence-electron chi connectivity index (χ4n) is 3.91. The van der Waals surface area contributed by atoms with Crippen LogP contribution in [-0.2, 0) is 19.4 Å². The second-order valence-electron chi connectivity index (χ2n) is 7.74. The van der Waals surface area contributed by atoms with Crippen LogP contribution >= 0.6 is 0 Å². The van der Waals surface area contributed by atoms with Crippen LogP contribution in [0.5, 0.6) is 0 Å². The molecule has 4 rings (SSSR count). The monoisotopic (exact) mass is 392 g/mol. The number of carbonyl (C=O) groups is 1. The molecule has 1 aliphatic rings. The van der Waals surface area contributed by atoms with Crippen molar-refractivity contribution in [3.63, 3.8) is 0 Å². The van der Waals surface area contributed by atoms with E-state index in [2.05, 4.69) is 15.3 Å². The van der Waals surface area contributed by atoms with Crippen molar-refractivity contribution in [1.29, 1.82) is 0 Å². The van der Waals surface area contributed by atoms with Gasteiger partial charge in [-0.3, -0.25) is 19.1 Å². The molecule has 0 fully saturated rings. The van der Waals surface area contributed by atoms with Gasteiger partial charge in [0.1, 0.15) is 0 Å². The average molecular weight is 392 g/mol. The minimum Gasteiger partial charge on any atom is -0.322 e. The fraction of sp³-hybridized carbons (Fsp3) is 0.364. The Labute approximate surface area is 167 Å². The third kappa shape index (κ3) is 3.37. The Hall–Kier alpha value is -3.22. The van der Waals surface area contributed by atoms with Crippen LogP contribution in [0.15, 0.2) is 33.9 Å². The summed E-state index contributed by atoms with van der Waals surface area (Å²) < 4.78 is 1.38. The maximum Gasteiger partial charge on any atom is 0.329 e. The van der Waals surface area contributed by atoms with Gasteiger partial charge in [0.25, 0.3) is 11.5 Å². The van der Waals surface area contributed by atoms with Gasteiger partial charge in [0.2, 0.25) is 0 Å². The second kappa shape index (κ2) is 7.31. The zero-order valence-electron chi connectivity index (χ0n) is 16.8. The largest absolute Gasteiger partial charge is 0.329 e. The number of rotatable bonds is 4. The molecule has 7 heteroatoms. The number of hydrogen-bond donors (Lipinski definition) is 2. The first-order valence-electron chi connectivity index (χ1n) is 10.00. The van der Waals surface area contributed by atoms with Crippen LogP contribution in [0.2, 0.25) is 0 Å². The van der Waals surface area contributed by atoms with Crippen molar-refractivity contribution in [3.8, 4) is 0 Å². The molecule has 0 unspecified atom stereocenters. The van der Waals surface area contributed by atoms with E-state index in [-0.39, 0.29) is 28.4 Å². The lowest BCUT2D eigenvalue weighted by molar-refractivity contribution is 0.102.